The summed E-state index contributed by atoms with van der Waals surface area (Å²) in [7, 11) is 0. The molecule has 2 fully saturated rings. The topological polar surface area (TPSA) is 3.24 Å². The molecule has 14 heavy (non-hydrogen) atoms. The van der Waals surface area contributed by atoms with E-state index in [9.17, 15) is 0 Å². The van der Waals surface area contributed by atoms with Crippen LogP contribution in [0.2, 0.25) is 0 Å². The molecule has 0 aromatic rings. The van der Waals surface area contributed by atoms with Gasteiger partial charge < -0.3 is 0 Å². The maximum atomic E-state index is 2.71. The molecule has 0 spiro atoms. The average molecular weight is 195 g/mol. The fraction of sp³-hybridized carbons (Fsp3) is 1.00. The van der Waals surface area contributed by atoms with Gasteiger partial charge in [0, 0.05) is 12.1 Å². The van der Waals surface area contributed by atoms with Crippen molar-refractivity contribution in [3.05, 3.63) is 0 Å². The molecule has 0 aromatic carbocycles. The van der Waals surface area contributed by atoms with E-state index in [4.69, 9.17) is 0 Å². The highest BCUT2D eigenvalue weighted by atomic mass is 15.2. The molecule has 1 heterocycles. The van der Waals surface area contributed by atoms with E-state index < -0.39 is 0 Å². The minimum absolute atomic E-state index is 0.386. The van der Waals surface area contributed by atoms with E-state index in [0.717, 1.165) is 11.8 Å². The van der Waals surface area contributed by atoms with Crippen LogP contribution in [0.15, 0.2) is 0 Å². The van der Waals surface area contributed by atoms with Gasteiger partial charge in [0.15, 0.2) is 0 Å². The predicted molar refractivity (Wildman–Crippen MR) is 61.4 cm³/mol. The van der Waals surface area contributed by atoms with Crippen molar-refractivity contribution in [1.29, 1.82) is 0 Å². The van der Waals surface area contributed by atoms with Crippen LogP contribution in [0.5, 0.6) is 0 Å². The van der Waals surface area contributed by atoms with E-state index in [2.05, 4.69) is 25.7 Å². The van der Waals surface area contributed by atoms with Gasteiger partial charge in [0.05, 0.1) is 0 Å². The van der Waals surface area contributed by atoms with Crippen molar-refractivity contribution in [2.75, 3.05) is 13.1 Å². The Morgan fingerprint density at radius 1 is 1.00 bits per heavy atom. The molecule has 82 valence electrons. The minimum atomic E-state index is 0.386. The highest BCUT2D eigenvalue weighted by molar-refractivity contribution is 4.85. The molecule has 2 bridgehead atoms. The van der Waals surface area contributed by atoms with Gasteiger partial charge in [-0.05, 0) is 58.4 Å². The van der Waals surface area contributed by atoms with Crippen molar-refractivity contribution in [3.63, 3.8) is 0 Å². The molecule has 1 saturated heterocycles. The molecule has 0 amide bonds. The summed E-state index contributed by atoms with van der Waals surface area (Å²) in [4.78, 5) is 2.71. The van der Waals surface area contributed by atoms with Crippen LogP contribution >= 0.6 is 0 Å². The lowest BCUT2D eigenvalue weighted by atomic mass is 9.81. The predicted octanol–water partition coefficient (Wildman–Crippen LogP) is 3.30. The lowest BCUT2D eigenvalue weighted by molar-refractivity contribution is 0.121. The maximum Gasteiger partial charge on any atom is 0.0125 e. The van der Waals surface area contributed by atoms with E-state index in [1.54, 1.807) is 0 Å². The third-order valence-corrected chi connectivity index (χ3v) is 4.13. The second kappa shape index (κ2) is 3.84. The normalized spacial score (nSPS) is 35.4. The quantitative estimate of drug-likeness (QED) is 0.573. The average Bonchev–Trinajstić information content (AvgIpc) is 2.24. The number of fused-ring (bicyclic) bond motifs is 2. The summed E-state index contributed by atoms with van der Waals surface area (Å²) in [5, 5.41) is 0. The highest BCUT2D eigenvalue weighted by Crippen LogP contribution is 2.36. The number of likely N-dealkylation sites (tertiary alicyclic amines) is 1. The van der Waals surface area contributed by atoms with E-state index in [1.165, 1.54) is 45.2 Å². The van der Waals surface area contributed by atoms with Crippen molar-refractivity contribution in [2.45, 2.75) is 58.4 Å². The Morgan fingerprint density at radius 2 is 1.71 bits per heavy atom. The fourth-order valence-electron chi connectivity index (χ4n) is 3.18. The van der Waals surface area contributed by atoms with Crippen LogP contribution in [-0.2, 0) is 0 Å². The SMILES string of the molecule is CC(C)(C)N1CC[C@H]2CCC[C@H](C2)C1. The van der Waals surface area contributed by atoms with Gasteiger partial charge in [-0.25, -0.2) is 0 Å². The van der Waals surface area contributed by atoms with Crippen LogP contribution in [-0.4, -0.2) is 23.5 Å². The Bertz CT molecular complexity index is 192. The van der Waals surface area contributed by atoms with E-state index in [0.29, 0.717) is 5.54 Å². The van der Waals surface area contributed by atoms with Gasteiger partial charge in [-0.2, -0.15) is 0 Å². The van der Waals surface area contributed by atoms with Crippen LogP contribution < -0.4 is 0 Å². The smallest absolute Gasteiger partial charge is 0.0125 e. The summed E-state index contributed by atoms with van der Waals surface area (Å²) in [6.45, 7) is 9.79. The second-order valence-electron chi connectivity index (χ2n) is 6.30. The summed E-state index contributed by atoms with van der Waals surface area (Å²) in [6, 6.07) is 0. The summed E-state index contributed by atoms with van der Waals surface area (Å²) >= 11 is 0. The van der Waals surface area contributed by atoms with Crippen molar-refractivity contribution in [1.82, 2.24) is 4.90 Å². The molecule has 1 nitrogen and oxygen atoms in total. The molecule has 0 unspecified atom stereocenters. The van der Waals surface area contributed by atoms with E-state index in [-0.39, 0.29) is 0 Å². The van der Waals surface area contributed by atoms with Crippen molar-refractivity contribution < 1.29 is 0 Å². The van der Waals surface area contributed by atoms with Crippen LogP contribution in [0.4, 0.5) is 0 Å². The van der Waals surface area contributed by atoms with Gasteiger partial charge in [0.1, 0.15) is 0 Å². The number of nitrogens with zero attached hydrogens (tertiary/aromatic N) is 1. The standard InChI is InChI=1S/C13H25N/c1-13(2,3)14-8-7-11-5-4-6-12(9-11)10-14/h11-12H,4-10H2,1-3H3/t11-,12-/m1/s1. The zero-order valence-electron chi connectivity index (χ0n) is 10.1. The molecule has 1 aliphatic carbocycles. The van der Waals surface area contributed by atoms with E-state index in [1.807, 2.05) is 0 Å². The first-order valence-electron chi connectivity index (χ1n) is 6.31. The summed E-state index contributed by atoms with van der Waals surface area (Å²) in [6.07, 6.45) is 7.46. The lowest BCUT2D eigenvalue weighted by Crippen LogP contribution is -2.43. The number of hydrogen-bond donors (Lipinski definition) is 0. The summed E-state index contributed by atoms with van der Waals surface area (Å²) in [5.74, 6) is 2.07. The third kappa shape index (κ3) is 2.31. The van der Waals surface area contributed by atoms with Crippen LogP contribution in [0.1, 0.15) is 52.9 Å². The van der Waals surface area contributed by atoms with Crippen LogP contribution in [0, 0.1) is 11.8 Å². The fourth-order valence-corrected chi connectivity index (χ4v) is 3.18. The Kier molecular flexibility index (Phi) is 2.88. The monoisotopic (exact) mass is 195 g/mol. The molecule has 1 heteroatoms. The van der Waals surface area contributed by atoms with Crippen molar-refractivity contribution in [3.8, 4) is 0 Å². The molecular weight excluding hydrogens is 170 g/mol. The minimum Gasteiger partial charge on any atom is -0.298 e. The lowest BCUT2D eigenvalue weighted by Gasteiger charge is -2.36. The summed E-state index contributed by atoms with van der Waals surface area (Å²) in [5.41, 5.74) is 0.386. The summed E-state index contributed by atoms with van der Waals surface area (Å²) < 4.78 is 0. The van der Waals surface area contributed by atoms with Gasteiger partial charge in [-0.3, -0.25) is 4.90 Å². The maximum absolute atomic E-state index is 2.71. The molecule has 0 aromatic heterocycles. The van der Waals surface area contributed by atoms with Gasteiger partial charge in [0.25, 0.3) is 0 Å². The first-order valence-corrected chi connectivity index (χ1v) is 6.31. The number of rotatable bonds is 0. The number of hydrogen-bond acceptors (Lipinski definition) is 1. The van der Waals surface area contributed by atoms with E-state index >= 15 is 0 Å². The molecular formula is C13H25N. The first-order chi connectivity index (χ1) is 6.55. The van der Waals surface area contributed by atoms with Gasteiger partial charge in [-0.1, -0.05) is 12.8 Å². The molecule has 2 aliphatic rings. The van der Waals surface area contributed by atoms with Gasteiger partial charge >= 0.3 is 0 Å². The second-order valence-corrected chi connectivity index (χ2v) is 6.30. The Hall–Kier alpha value is -0.0400. The van der Waals surface area contributed by atoms with Crippen LogP contribution in [0.3, 0.4) is 0 Å². The van der Waals surface area contributed by atoms with Crippen LogP contribution in [0.25, 0.3) is 0 Å². The molecule has 2 atom stereocenters. The largest absolute Gasteiger partial charge is 0.298 e. The molecule has 2 rings (SSSR count). The first kappa shape index (κ1) is 10.5. The van der Waals surface area contributed by atoms with Gasteiger partial charge in [0.2, 0.25) is 0 Å². The Labute approximate surface area is 88.9 Å². The zero-order valence-corrected chi connectivity index (χ0v) is 10.1. The zero-order chi connectivity index (χ0) is 10.2. The Morgan fingerprint density at radius 3 is 2.43 bits per heavy atom. The third-order valence-electron chi connectivity index (χ3n) is 4.13. The van der Waals surface area contributed by atoms with Gasteiger partial charge in [-0.15, -0.1) is 0 Å². The molecule has 1 saturated carbocycles. The van der Waals surface area contributed by atoms with Crippen molar-refractivity contribution in [2.24, 2.45) is 11.8 Å². The Balaban J connectivity index is 2.02. The molecule has 1 aliphatic heterocycles. The molecule has 0 N–H and O–H groups in total. The molecule has 0 radical (unpaired) electrons. The van der Waals surface area contributed by atoms with Crippen molar-refractivity contribution >= 4 is 0 Å². The highest BCUT2D eigenvalue weighted by Gasteiger charge is 2.31.